The molecule has 0 aliphatic heterocycles. The van der Waals surface area contributed by atoms with Crippen LogP contribution in [-0.4, -0.2) is 20.4 Å². The highest BCUT2D eigenvalue weighted by molar-refractivity contribution is 6.08. The lowest BCUT2D eigenvalue weighted by Crippen LogP contribution is -2.11. The van der Waals surface area contributed by atoms with Crippen LogP contribution in [0.1, 0.15) is 21.6 Å². The van der Waals surface area contributed by atoms with Gasteiger partial charge in [-0.05, 0) is 18.6 Å². The van der Waals surface area contributed by atoms with Crippen molar-refractivity contribution in [2.75, 3.05) is 5.32 Å². The fraction of sp³-hybridized carbons (Fsp3) is 0.100. The second-order valence-electron chi connectivity index (χ2n) is 6.09. The minimum atomic E-state index is -0.198. The highest BCUT2D eigenvalue weighted by atomic mass is 16.1. The number of H-pyrrole nitrogens is 1. The van der Waals surface area contributed by atoms with Crippen LogP contribution in [-0.2, 0) is 6.54 Å². The third-order valence-corrected chi connectivity index (χ3v) is 4.25. The van der Waals surface area contributed by atoms with E-state index in [-0.39, 0.29) is 5.91 Å². The van der Waals surface area contributed by atoms with Gasteiger partial charge in [-0.2, -0.15) is 0 Å². The third-order valence-electron chi connectivity index (χ3n) is 4.25. The van der Waals surface area contributed by atoms with Crippen LogP contribution in [0.15, 0.2) is 67.3 Å². The van der Waals surface area contributed by atoms with Crippen molar-refractivity contribution in [3.05, 3.63) is 84.1 Å². The molecule has 124 valence electrons. The molecule has 0 radical (unpaired) electrons. The molecule has 2 heterocycles. The molecule has 0 saturated heterocycles. The maximum Gasteiger partial charge on any atom is 0.273 e. The van der Waals surface area contributed by atoms with Gasteiger partial charge in [0.1, 0.15) is 5.69 Å². The Kier molecular flexibility index (Phi) is 3.82. The van der Waals surface area contributed by atoms with Crippen molar-refractivity contribution < 1.29 is 4.79 Å². The van der Waals surface area contributed by atoms with E-state index >= 15 is 0 Å². The number of hydrogen-bond acceptors (Lipinski definition) is 2. The van der Waals surface area contributed by atoms with Crippen molar-refractivity contribution >= 4 is 22.5 Å². The molecule has 0 spiro atoms. The van der Waals surface area contributed by atoms with Gasteiger partial charge >= 0.3 is 0 Å². The highest BCUT2D eigenvalue weighted by Crippen LogP contribution is 2.27. The number of nitrogens with zero attached hydrogens (tertiary/aromatic N) is 2. The van der Waals surface area contributed by atoms with Crippen molar-refractivity contribution in [1.29, 1.82) is 0 Å². The smallest absolute Gasteiger partial charge is 0.273 e. The zero-order valence-electron chi connectivity index (χ0n) is 13.9. The molecule has 2 aromatic heterocycles. The van der Waals surface area contributed by atoms with Gasteiger partial charge in [0.05, 0.1) is 23.7 Å². The van der Waals surface area contributed by atoms with E-state index in [0.717, 1.165) is 23.1 Å². The molecule has 0 unspecified atom stereocenters. The fourth-order valence-corrected chi connectivity index (χ4v) is 2.94. The summed E-state index contributed by atoms with van der Waals surface area (Å²) in [5, 5.41) is 3.99. The average Bonchev–Trinajstić information content (AvgIpc) is 3.27. The van der Waals surface area contributed by atoms with E-state index in [1.165, 1.54) is 23.7 Å². The highest BCUT2D eigenvalue weighted by Gasteiger charge is 2.13. The number of amides is 1. The number of nitrogens with one attached hydrogen (secondary N) is 2. The van der Waals surface area contributed by atoms with E-state index in [9.17, 15) is 4.79 Å². The van der Waals surface area contributed by atoms with Crippen LogP contribution in [0.5, 0.6) is 0 Å². The number of carbonyl (C=O) groups is 1. The SMILES string of the molecule is Cc1ccc(Cn2cc(NC(=O)c3cnc[nH]3)c3ccccc32)cc1. The largest absolute Gasteiger partial charge is 0.341 e. The van der Waals surface area contributed by atoms with Gasteiger partial charge in [-0.1, -0.05) is 48.0 Å². The van der Waals surface area contributed by atoms with Crippen LogP contribution in [0.4, 0.5) is 5.69 Å². The number of aryl methyl sites for hydroxylation is 1. The number of aromatic amines is 1. The van der Waals surface area contributed by atoms with Crippen LogP contribution >= 0.6 is 0 Å². The molecule has 25 heavy (non-hydrogen) atoms. The molecule has 0 aliphatic carbocycles. The quantitative estimate of drug-likeness (QED) is 0.594. The van der Waals surface area contributed by atoms with Gasteiger partial charge in [0.25, 0.3) is 5.91 Å². The molecular formula is C20H18N4O. The van der Waals surface area contributed by atoms with Crippen LogP contribution in [0.2, 0.25) is 0 Å². The number of anilines is 1. The van der Waals surface area contributed by atoms with Crippen LogP contribution in [0, 0.1) is 6.92 Å². The molecule has 0 fully saturated rings. The molecule has 0 atom stereocenters. The minimum Gasteiger partial charge on any atom is -0.341 e. The van der Waals surface area contributed by atoms with Crippen molar-refractivity contribution in [2.45, 2.75) is 13.5 Å². The number of rotatable bonds is 4. The summed E-state index contributed by atoms with van der Waals surface area (Å²) in [6, 6.07) is 16.6. The van der Waals surface area contributed by atoms with Gasteiger partial charge in [0.15, 0.2) is 0 Å². The molecule has 5 heteroatoms. The lowest BCUT2D eigenvalue weighted by molar-refractivity contribution is 0.102. The zero-order valence-corrected chi connectivity index (χ0v) is 13.9. The Bertz CT molecular complexity index is 1010. The normalized spacial score (nSPS) is 10.9. The summed E-state index contributed by atoms with van der Waals surface area (Å²) < 4.78 is 2.16. The second kappa shape index (κ2) is 6.28. The first-order valence-corrected chi connectivity index (χ1v) is 8.14. The predicted molar refractivity (Wildman–Crippen MR) is 98.8 cm³/mol. The van der Waals surface area contributed by atoms with Crippen LogP contribution < -0.4 is 5.32 Å². The summed E-state index contributed by atoms with van der Waals surface area (Å²) in [6.07, 6.45) is 5.00. The van der Waals surface area contributed by atoms with Crippen molar-refractivity contribution in [2.24, 2.45) is 0 Å². The Morgan fingerprint density at radius 2 is 1.96 bits per heavy atom. The van der Waals surface area contributed by atoms with Gasteiger partial charge < -0.3 is 14.9 Å². The Labute approximate surface area is 145 Å². The zero-order chi connectivity index (χ0) is 17.2. The number of hydrogen-bond donors (Lipinski definition) is 2. The van der Waals surface area contributed by atoms with Gasteiger partial charge in [0, 0.05) is 18.1 Å². The second-order valence-corrected chi connectivity index (χ2v) is 6.09. The average molecular weight is 330 g/mol. The van der Waals surface area contributed by atoms with Crippen molar-refractivity contribution in [1.82, 2.24) is 14.5 Å². The molecule has 1 amide bonds. The molecule has 0 bridgehead atoms. The first-order chi connectivity index (χ1) is 12.2. The predicted octanol–water partition coefficient (Wildman–Crippen LogP) is 3.97. The van der Waals surface area contributed by atoms with E-state index in [0.29, 0.717) is 5.69 Å². The summed E-state index contributed by atoms with van der Waals surface area (Å²) >= 11 is 0. The Morgan fingerprint density at radius 1 is 1.16 bits per heavy atom. The molecule has 0 saturated carbocycles. The Hall–Kier alpha value is -3.34. The van der Waals surface area contributed by atoms with Gasteiger partial charge in [-0.25, -0.2) is 4.98 Å². The lowest BCUT2D eigenvalue weighted by atomic mass is 10.1. The van der Waals surface area contributed by atoms with Gasteiger partial charge in [-0.15, -0.1) is 0 Å². The van der Waals surface area contributed by atoms with E-state index in [1.807, 2.05) is 24.4 Å². The molecule has 4 rings (SSSR count). The number of para-hydroxylation sites is 1. The van der Waals surface area contributed by atoms with Crippen molar-refractivity contribution in [3.8, 4) is 0 Å². The fourth-order valence-electron chi connectivity index (χ4n) is 2.94. The first kappa shape index (κ1) is 15.2. The topological polar surface area (TPSA) is 62.7 Å². The molecule has 2 aromatic carbocycles. The molecule has 4 aromatic rings. The van der Waals surface area contributed by atoms with E-state index in [2.05, 4.69) is 57.1 Å². The summed E-state index contributed by atoms with van der Waals surface area (Å²) in [6.45, 7) is 2.83. The molecule has 2 N–H and O–H groups in total. The number of carbonyl (C=O) groups excluding carboxylic acids is 1. The molecular weight excluding hydrogens is 312 g/mol. The van der Waals surface area contributed by atoms with Crippen LogP contribution in [0.25, 0.3) is 10.9 Å². The third kappa shape index (κ3) is 3.04. The number of fused-ring (bicyclic) bond motifs is 1. The first-order valence-electron chi connectivity index (χ1n) is 8.14. The summed E-state index contributed by atoms with van der Waals surface area (Å²) in [7, 11) is 0. The number of imidazole rings is 1. The number of aromatic nitrogens is 3. The maximum absolute atomic E-state index is 12.3. The Balaban J connectivity index is 1.68. The van der Waals surface area contributed by atoms with E-state index < -0.39 is 0 Å². The van der Waals surface area contributed by atoms with Gasteiger partial charge in [-0.3, -0.25) is 4.79 Å². The molecule has 5 nitrogen and oxygen atoms in total. The summed E-state index contributed by atoms with van der Waals surface area (Å²) in [4.78, 5) is 19.1. The van der Waals surface area contributed by atoms with Gasteiger partial charge in [0.2, 0.25) is 0 Å². The van der Waals surface area contributed by atoms with Crippen LogP contribution in [0.3, 0.4) is 0 Å². The maximum atomic E-state index is 12.3. The minimum absolute atomic E-state index is 0.198. The molecule has 0 aliphatic rings. The number of benzene rings is 2. The Morgan fingerprint density at radius 3 is 2.72 bits per heavy atom. The monoisotopic (exact) mass is 330 g/mol. The van der Waals surface area contributed by atoms with E-state index in [1.54, 1.807) is 0 Å². The van der Waals surface area contributed by atoms with Crippen molar-refractivity contribution in [3.63, 3.8) is 0 Å². The summed E-state index contributed by atoms with van der Waals surface area (Å²) in [5.41, 5.74) is 4.78. The standard InChI is InChI=1S/C20H18N4O/c1-14-6-8-15(9-7-14)11-24-12-18(16-4-2-3-5-19(16)24)23-20(25)17-10-21-13-22-17/h2-10,12-13H,11H2,1H3,(H,21,22)(H,23,25). The summed E-state index contributed by atoms with van der Waals surface area (Å²) in [5.74, 6) is -0.198. The van der Waals surface area contributed by atoms with E-state index in [4.69, 9.17) is 0 Å². The lowest BCUT2D eigenvalue weighted by Gasteiger charge is -2.05.